The molecule has 96 valence electrons. The summed E-state index contributed by atoms with van der Waals surface area (Å²) in [7, 11) is 0. The van der Waals surface area contributed by atoms with Crippen molar-refractivity contribution in [3.05, 3.63) is 42.7 Å². The van der Waals surface area contributed by atoms with E-state index in [2.05, 4.69) is 28.3 Å². The number of pyridine rings is 1. The fraction of sp³-hybridized carbons (Fsp3) is 0.154. The van der Waals surface area contributed by atoms with E-state index in [0.717, 1.165) is 0 Å². The Hall–Kier alpha value is -2.81. The van der Waals surface area contributed by atoms with Crippen molar-refractivity contribution in [2.24, 2.45) is 0 Å². The number of rotatable bonds is 5. The van der Waals surface area contributed by atoms with Crippen molar-refractivity contribution in [1.29, 1.82) is 5.26 Å². The summed E-state index contributed by atoms with van der Waals surface area (Å²) in [6, 6.07) is 7.52. The summed E-state index contributed by atoms with van der Waals surface area (Å²) in [5.74, 6) is 0.225. The number of carbonyl (C=O) groups excluding carboxylic acids is 1. The van der Waals surface area contributed by atoms with Crippen LogP contribution in [0.2, 0.25) is 0 Å². The number of aromatic nitrogens is 2. The molecule has 0 bridgehead atoms. The molecule has 0 atom stereocenters. The molecule has 2 rings (SSSR count). The Labute approximate surface area is 110 Å². The molecule has 0 aliphatic carbocycles. The van der Waals surface area contributed by atoms with Crippen LogP contribution in [0.4, 0.5) is 5.82 Å². The monoisotopic (exact) mass is 255 g/mol. The van der Waals surface area contributed by atoms with Crippen LogP contribution in [0.25, 0.3) is 5.65 Å². The first-order valence-corrected chi connectivity index (χ1v) is 5.75. The molecule has 2 heterocycles. The van der Waals surface area contributed by atoms with Gasteiger partial charge in [0.25, 0.3) is 0 Å². The molecule has 0 aliphatic heterocycles. The number of hydrogen-bond acceptors (Lipinski definition) is 4. The topological polar surface area (TPSA) is 82.2 Å². The number of imidazole rings is 1. The molecular formula is C13H13N5O. The zero-order valence-electron chi connectivity index (χ0n) is 10.3. The first kappa shape index (κ1) is 12.6. The third-order valence-corrected chi connectivity index (χ3v) is 2.50. The number of nitrogens with one attached hydrogen (secondary N) is 2. The molecule has 1 amide bonds. The SMILES string of the molecule is C=CCNC(=O)CNc1nc2ccccn2c1C#N. The van der Waals surface area contributed by atoms with Gasteiger partial charge in [-0.1, -0.05) is 12.1 Å². The number of anilines is 1. The van der Waals surface area contributed by atoms with Gasteiger partial charge in [-0.25, -0.2) is 4.98 Å². The highest BCUT2D eigenvalue weighted by Gasteiger charge is 2.11. The van der Waals surface area contributed by atoms with Gasteiger partial charge in [0, 0.05) is 12.7 Å². The van der Waals surface area contributed by atoms with Crippen LogP contribution < -0.4 is 10.6 Å². The number of amides is 1. The Balaban J connectivity index is 2.15. The highest BCUT2D eigenvalue weighted by molar-refractivity contribution is 5.81. The second-order valence-corrected chi connectivity index (χ2v) is 3.80. The number of fused-ring (bicyclic) bond motifs is 1. The molecule has 0 saturated carbocycles. The van der Waals surface area contributed by atoms with E-state index in [1.807, 2.05) is 12.1 Å². The molecule has 0 aromatic carbocycles. The van der Waals surface area contributed by atoms with E-state index in [1.165, 1.54) is 0 Å². The molecule has 19 heavy (non-hydrogen) atoms. The van der Waals surface area contributed by atoms with Crippen LogP contribution in [0.15, 0.2) is 37.1 Å². The number of carbonyl (C=O) groups is 1. The van der Waals surface area contributed by atoms with Crippen LogP contribution in [0.5, 0.6) is 0 Å². The van der Waals surface area contributed by atoms with Gasteiger partial charge in [-0.05, 0) is 12.1 Å². The van der Waals surface area contributed by atoms with Gasteiger partial charge in [-0.2, -0.15) is 5.26 Å². The molecule has 2 N–H and O–H groups in total. The molecule has 0 radical (unpaired) electrons. The Morgan fingerprint density at radius 2 is 2.42 bits per heavy atom. The van der Waals surface area contributed by atoms with Crippen LogP contribution in [-0.2, 0) is 4.79 Å². The lowest BCUT2D eigenvalue weighted by Crippen LogP contribution is -2.30. The summed E-state index contributed by atoms with van der Waals surface area (Å²) >= 11 is 0. The minimum atomic E-state index is -0.180. The Morgan fingerprint density at radius 1 is 1.58 bits per heavy atom. The van der Waals surface area contributed by atoms with Crippen LogP contribution >= 0.6 is 0 Å². The molecule has 2 aromatic rings. The maximum atomic E-state index is 11.5. The Bertz CT molecular complexity index is 653. The smallest absolute Gasteiger partial charge is 0.239 e. The average molecular weight is 255 g/mol. The molecule has 2 aromatic heterocycles. The summed E-state index contributed by atoms with van der Waals surface area (Å²) in [5, 5.41) is 14.6. The number of hydrogen-bond donors (Lipinski definition) is 2. The van der Waals surface area contributed by atoms with Crippen molar-refractivity contribution < 1.29 is 4.79 Å². The lowest BCUT2D eigenvalue weighted by molar-refractivity contribution is -0.119. The van der Waals surface area contributed by atoms with E-state index in [1.54, 1.807) is 22.7 Å². The molecule has 6 heteroatoms. The van der Waals surface area contributed by atoms with Crippen LogP contribution in [-0.4, -0.2) is 28.4 Å². The van der Waals surface area contributed by atoms with Crippen molar-refractivity contribution >= 4 is 17.4 Å². The van der Waals surface area contributed by atoms with Crippen LogP contribution in [0.3, 0.4) is 0 Å². The molecule has 6 nitrogen and oxygen atoms in total. The van der Waals surface area contributed by atoms with Gasteiger partial charge in [-0.15, -0.1) is 6.58 Å². The summed E-state index contributed by atoms with van der Waals surface area (Å²) < 4.78 is 1.67. The normalized spacial score (nSPS) is 9.84. The van der Waals surface area contributed by atoms with Crippen LogP contribution in [0.1, 0.15) is 5.69 Å². The second kappa shape index (κ2) is 5.69. The van der Waals surface area contributed by atoms with Crippen molar-refractivity contribution in [2.45, 2.75) is 0 Å². The molecule has 0 fully saturated rings. The first-order valence-electron chi connectivity index (χ1n) is 5.75. The van der Waals surface area contributed by atoms with Crippen molar-refractivity contribution in [3.8, 4) is 6.07 Å². The maximum Gasteiger partial charge on any atom is 0.239 e. The predicted molar refractivity (Wildman–Crippen MR) is 71.6 cm³/mol. The minimum Gasteiger partial charge on any atom is -0.359 e. The molecule has 0 saturated heterocycles. The first-order chi connectivity index (χ1) is 9.26. The Kier molecular flexibility index (Phi) is 3.78. The van der Waals surface area contributed by atoms with E-state index < -0.39 is 0 Å². The third kappa shape index (κ3) is 2.72. The van der Waals surface area contributed by atoms with E-state index in [-0.39, 0.29) is 12.5 Å². The van der Waals surface area contributed by atoms with Crippen molar-refractivity contribution in [2.75, 3.05) is 18.4 Å². The minimum absolute atomic E-state index is 0.0619. The van der Waals surface area contributed by atoms with Gasteiger partial charge in [0.1, 0.15) is 11.7 Å². The lowest BCUT2D eigenvalue weighted by atomic mass is 10.4. The average Bonchev–Trinajstić information content (AvgIpc) is 2.80. The van der Waals surface area contributed by atoms with Gasteiger partial charge in [0.05, 0.1) is 6.54 Å². The van der Waals surface area contributed by atoms with Crippen molar-refractivity contribution in [3.63, 3.8) is 0 Å². The highest BCUT2D eigenvalue weighted by Crippen LogP contribution is 2.15. The third-order valence-electron chi connectivity index (χ3n) is 2.50. The van der Waals surface area contributed by atoms with Crippen LogP contribution in [0, 0.1) is 11.3 Å². The largest absolute Gasteiger partial charge is 0.359 e. The van der Waals surface area contributed by atoms with Gasteiger partial charge in [0.15, 0.2) is 11.5 Å². The van der Waals surface area contributed by atoms with Crippen molar-refractivity contribution in [1.82, 2.24) is 14.7 Å². The van der Waals surface area contributed by atoms with E-state index in [9.17, 15) is 4.79 Å². The van der Waals surface area contributed by atoms with Gasteiger partial charge >= 0.3 is 0 Å². The van der Waals surface area contributed by atoms with E-state index in [4.69, 9.17) is 5.26 Å². The van der Waals surface area contributed by atoms with E-state index in [0.29, 0.717) is 23.7 Å². The zero-order chi connectivity index (χ0) is 13.7. The van der Waals surface area contributed by atoms with E-state index >= 15 is 0 Å². The summed E-state index contributed by atoms with van der Waals surface area (Å²) in [6.07, 6.45) is 3.35. The zero-order valence-corrected chi connectivity index (χ0v) is 10.3. The van der Waals surface area contributed by atoms with Gasteiger partial charge < -0.3 is 10.6 Å². The highest BCUT2D eigenvalue weighted by atomic mass is 16.1. The standard InChI is InChI=1S/C13H13N5O/c1-2-6-15-12(19)9-16-13-10(8-14)18-7-4-3-5-11(18)17-13/h2-5,7,16H,1,6,9H2,(H,15,19). The molecule has 0 aliphatic rings. The molecule has 0 spiro atoms. The number of nitriles is 1. The van der Waals surface area contributed by atoms with Gasteiger partial charge in [0.2, 0.25) is 5.91 Å². The second-order valence-electron chi connectivity index (χ2n) is 3.80. The fourth-order valence-electron chi connectivity index (χ4n) is 1.64. The molecule has 0 unspecified atom stereocenters. The summed E-state index contributed by atoms with van der Waals surface area (Å²) in [6.45, 7) is 3.99. The number of nitrogens with zero attached hydrogens (tertiary/aromatic N) is 3. The summed E-state index contributed by atoms with van der Waals surface area (Å²) in [5.41, 5.74) is 1.04. The maximum absolute atomic E-state index is 11.5. The predicted octanol–water partition coefficient (Wildman–Crippen LogP) is 0.920. The van der Waals surface area contributed by atoms with Gasteiger partial charge in [-0.3, -0.25) is 9.20 Å². The Morgan fingerprint density at radius 3 is 3.16 bits per heavy atom. The quantitative estimate of drug-likeness (QED) is 0.778. The summed E-state index contributed by atoms with van der Waals surface area (Å²) in [4.78, 5) is 15.7. The molecular weight excluding hydrogens is 242 g/mol. The fourth-order valence-corrected chi connectivity index (χ4v) is 1.64. The lowest BCUT2D eigenvalue weighted by Gasteiger charge is -2.03.